The molecule has 0 fully saturated rings. The van der Waals surface area contributed by atoms with Gasteiger partial charge in [0, 0.05) is 9.90 Å². The van der Waals surface area contributed by atoms with Crippen molar-refractivity contribution in [2.75, 3.05) is 5.43 Å². The highest BCUT2D eigenvalue weighted by atomic mass is 35.5. The SMILES string of the molecule is O=c1c2c3c(sc2nc(N/N=C/c2ccc(Cl)cc2)n1Cc1ccccc1)CCCC3. The molecule has 7 heteroatoms. The molecular weight excluding hydrogens is 428 g/mol. The van der Waals surface area contributed by atoms with Crippen molar-refractivity contribution in [1.29, 1.82) is 0 Å². The van der Waals surface area contributed by atoms with E-state index in [2.05, 4.69) is 10.5 Å². The zero-order chi connectivity index (χ0) is 21.2. The first-order valence-corrected chi connectivity index (χ1v) is 11.5. The van der Waals surface area contributed by atoms with Gasteiger partial charge >= 0.3 is 0 Å². The van der Waals surface area contributed by atoms with E-state index in [4.69, 9.17) is 16.6 Å². The van der Waals surface area contributed by atoms with Crippen molar-refractivity contribution < 1.29 is 0 Å². The van der Waals surface area contributed by atoms with E-state index in [1.54, 1.807) is 22.1 Å². The lowest BCUT2D eigenvalue weighted by molar-refractivity contribution is 0.698. The number of hydrogen-bond donors (Lipinski definition) is 1. The average Bonchev–Trinajstić information content (AvgIpc) is 3.17. The van der Waals surface area contributed by atoms with E-state index in [1.807, 2.05) is 54.6 Å². The first-order valence-electron chi connectivity index (χ1n) is 10.3. The zero-order valence-corrected chi connectivity index (χ0v) is 18.4. The van der Waals surface area contributed by atoms with Gasteiger partial charge in [0.25, 0.3) is 5.56 Å². The molecule has 0 saturated heterocycles. The summed E-state index contributed by atoms with van der Waals surface area (Å²) < 4.78 is 1.69. The van der Waals surface area contributed by atoms with Crippen LogP contribution in [0.2, 0.25) is 5.02 Å². The van der Waals surface area contributed by atoms with Crippen LogP contribution < -0.4 is 11.0 Å². The van der Waals surface area contributed by atoms with Crippen molar-refractivity contribution >= 4 is 45.3 Å². The average molecular weight is 449 g/mol. The number of fused-ring (bicyclic) bond motifs is 3. The van der Waals surface area contributed by atoms with E-state index >= 15 is 0 Å². The molecule has 5 rings (SSSR count). The highest BCUT2D eigenvalue weighted by molar-refractivity contribution is 7.18. The van der Waals surface area contributed by atoms with Crippen molar-refractivity contribution in [3.63, 3.8) is 0 Å². The first kappa shape index (κ1) is 20.0. The Morgan fingerprint density at radius 2 is 1.87 bits per heavy atom. The lowest BCUT2D eigenvalue weighted by Gasteiger charge is -2.13. The van der Waals surface area contributed by atoms with E-state index in [9.17, 15) is 4.79 Å². The van der Waals surface area contributed by atoms with E-state index in [-0.39, 0.29) is 5.56 Å². The zero-order valence-electron chi connectivity index (χ0n) is 16.8. The Labute approximate surface area is 189 Å². The van der Waals surface area contributed by atoms with Gasteiger partial charge < -0.3 is 0 Å². The number of halogens is 1. The van der Waals surface area contributed by atoms with Crippen LogP contribution in [0, 0.1) is 0 Å². The summed E-state index contributed by atoms with van der Waals surface area (Å²) in [5.74, 6) is 0.449. The topological polar surface area (TPSA) is 59.3 Å². The molecule has 0 saturated carbocycles. The summed E-state index contributed by atoms with van der Waals surface area (Å²) in [6.45, 7) is 0.437. The maximum Gasteiger partial charge on any atom is 0.264 e. The van der Waals surface area contributed by atoms with Crippen LogP contribution in [0.5, 0.6) is 0 Å². The number of thiophene rings is 1. The third-order valence-corrected chi connectivity index (χ3v) is 6.94. The molecule has 2 aromatic heterocycles. The highest BCUT2D eigenvalue weighted by Gasteiger charge is 2.22. The highest BCUT2D eigenvalue weighted by Crippen LogP contribution is 2.34. The van der Waals surface area contributed by atoms with E-state index in [0.717, 1.165) is 40.6 Å². The maximum atomic E-state index is 13.6. The number of benzene rings is 2. The van der Waals surface area contributed by atoms with Crippen molar-refractivity contribution in [1.82, 2.24) is 9.55 Å². The molecule has 156 valence electrons. The molecule has 1 aliphatic carbocycles. The van der Waals surface area contributed by atoms with E-state index in [1.165, 1.54) is 16.9 Å². The molecule has 1 aliphatic rings. The molecule has 0 atom stereocenters. The van der Waals surface area contributed by atoms with Gasteiger partial charge in [-0.2, -0.15) is 5.10 Å². The second-order valence-electron chi connectivity index (χ2n) is 7.62. The Morgan fingerprint density at radius 1 is 1.10 bits per heavy atom. The summed E-state index contributed by atoms with van der Waals surface area (Å²) in [7, 11) is 0. The largest absolute Gasteiger partial charge is 0.272 e. The predicted molar refractivity (Wildman–Crippen MR) is 129 cm³/mol. The fourth-order valence-corrected chi connectivity index (χ4v) is 5.33. The van der Waals surface area contributed by atoms with Gasteiger partial charge in [0.05, 0.1) is 18.1 Å². The summed E-state index contributed by atoms with van der Waals surface area (Å²) in [4.78, 5) is 20.5. The van der Waals surface area contributed by atoms with Gasteiger partial charge in [-0.3, -0.25) is 9.36 Å². The minimum absolute atomic E-state index is 0.00236. The van der Waals surface area contributed by atoms with Crippen molar-refractivity contribution in [3.8, 4) is 0 Å². The Balaban J connectivity index is 1.57. The first-order chi connectivity index (χ1) is 15.2. The Bertz CT molecular complexity index is 1310. The molecule has 4 aromatic rings. The number of nitrogens with zero attached hydrogens (tertiary/aromatic N) is 3. The number of aromatic nitrogens is 2. The minimum Gasteiger partial charge on any atom is -0.272 e. The number of aryl methyl sites for hydroxylation is 2. The number of hydrazone groups is 1. The Morgan fingerprint density at radius 3 is 2.68 bits per heavy atom. The van der Waals surface area contributed by atoms with Gasteiger partial charge in [-0.05, 0) is 54.5 Å². The molecule has 2 heterocycles. The van der Waals surface area contributed by atoms with Crippen LogP contribution >= 0.6 is 22.9 Å². The van der Waals surface area contributed by atoms with Gasteiger partial charge in [0.2, 0.25) is 5.95 Å². The molecular formula is C24H21ClN4OS. The number of nitrogens with one attached hydrogen (secondary N) is 1. The summed E-state index contributed by atoms with van der Waals surface area (Å²) in [5.41, 5.74) is 6.14. The van der Waals surface area contributed by atoms with Crippen molar-refractivity contribution in [2.45, 2.75) is 32.2 Å². The van der Waals surface area contributed by atoms with E-state index < -0.39 is 0 Å². The van der Waals surface area contributed by atoms with Crippen LogP contribution in [-0.4, -0.2) is 15.8 Å². The van der Waals surface area contributed by atoms with Crippen molar-refractivity contribution in [3.05, 3.63) is 91.5 Å². The molecule has 1 N–H and O–H groups in total. The predicted octanol–water partition coefficient (Wildman–Crippen LogP) is 5.48. The van der Waals surface area contributed by atoms with Gasteiger partial charge in [-0.15, -0.1) is 11.3 Å². The number of anilines is 1. The quantitative estimate of drug-likeness (QED) is 0.324. The smallest absolute Gasteiger partial charge is 0.264 e. The van der Waals surface area contributed by atoms with Gasteiger partial charge in [-0.1, -0.05) is 54.1 Å². The lowest BCUT2D eigenvalue weighted by atomic mass is 9.97. The lowest BCUT2D eigenvalue weighted by Crippen LogP contribution is -2.25. The Kier molecular flexibility index (Phi) is 5.57. The standard InChI is InChI=1S/C24H21ClN4OS/c25-18-12-10-16(11-13-18)14-26-28-24-27-22-21(19-8-4-5-9-20(19)31-22)23(30)29(24)15-17-6-2-1-3-7-17/h1-3,6-7,10-14H,4-5,8-9,15H2,(H,27,28)/b26-14+. The number of rotatable bonds is 5. The summed E-state index contributed by atoms with van der Waals surface area (Å²) in [6, 6.07) is 17.3. The summed E-state index contributed by atoms with van der Waals surface area (Å²) in [5, 5.41) is 5.79. The number of hydrogen-bond acceptors (Lipinski definition) is 5. The maximum absolute atomic E-state index is 13.6. The monoisotopic (exact) mass is 448 g/mol. The molecule has 0 amide bonds. The molecule has 0 spiro atoms. The van der Waals surface area contributed by atoms with E-state index in [0.29, 0.717) is 17.5 Å². The van der Waals surface area contributed by atoms with Crippen LogP contribution in [0.25, 0.3) is 10.2 Å². The van der Waals surface area contributed by atoms with Gasteiger partial charge in [-0.25, -0.2) is 10.4 Å². The third-order valence-electron chi connectivity index (χ3n) is 5.51. The second kappa shape index (κ2) is 8.65. The Hall–Kier alpha value is -2.96. The molecule has 31 heavy (non-hydrogen) atoms. The van der Waals surface area contributed by atoms with Crippen LogP contribution in [-0.2, 0) is 19.4 Å². The molecule has 0 unspecified atom stereocenters. The third kappa shape index (κ3) is 4.13. The van der Waals surface area contributed by atoms with Crippen LogP contribution in [0.1, 0.15) is 34.4 Å². The molecule has 2 aromatic carbocycles. The summed E-state index contributed by atoms with van der Waals surface area (Å²) in [6.07, 6.45) is 5.99. The van der Waals surface area contributed by atoms with Gasteiger partial charge in [0.1, 0.15) is 4.83 Å². The van der Waals surface area contributed by atoms with Crippen LogP contribution in [0.15, 0.2) is 64.5 Å². The van der Waals surface area contributed by atoms with Crippen LogP contribution in [0.3, 0.4) is 0 Å². The summed E-state index contributed by atoms with van der Waals surface area (Å²) >= 11 is 7.59. The normalized spacial score (nSPS) is 13.6. The second-order valence-corrected chi connectivity index (χ2v) is 9.14. The van der Waals surface area contributed by atoms with Gasteiger partial charge in [0.15, 0.2) is 0 Å². The molecule has 0 bridgehead atoms. The molecule has 5 nitrogen and oxygen atoms in total. The van der Waals surface area contributed by atoms with Crippen molar-refractivity contribution in [2.24, 2.45) is 5.10 Å². The molecule has 0 radical (unpaired) electrons. The fourth-order valence-electron chi connectivity index (χ4n) is 3.95. The van der Waals surface area contributed by atoms with Crippen LogP contribution in [0.4, 0.5) is 5.95 Å². The molecule has 0 aliphatic heterocycles. The minimum atomic E-state index is -0.00236. The fraction of sp³-hybridized carbons (Fsp3) is 0.208.